The van der Waals surface area contributed by atoms with E-state index in [1.165, 1.54) is 11.8 Å². The van der Waals surface area contributed by atoms with Crippen molar-refractivity contribution in [3.63, 3.8) is 0 Å². The first-order valence-corrected chi connectivity index (χ1v) is 11.0. The molecule has 0 aliphatic carbocycles. The summed E-state index contributed by atoms with van der Waals surface area (Å²) in [5.41, 5.74) is -0.353. The fourth-order valence-corrected chi connectivity index (χ4v) is 3.54. The van der Waals surface area contributed by atoms with E-state index in [4.69, 9.17) is 4.74 Å². The zero-order valence-corrected chi connectivity index (χ0v) is 20.0. The molecule has 0 fully saturated rings. The Kier molecular flexibility index (Phi) is 8.06. The third kappa shape index (κ3) is 5.81. The van der Waals surface area contributed by atoms with Crippen molar-refractivity contribution in [2.45, 2.75) is 67.4 Å². The van der Waals surface area contributed by atoms with Crippen molar-refractivity contribution >= 4 is 28.6 Å². The van der Waals surface area contributed by atoms with Gasteiger partial charge in [0, 0.05) is 6.42 Å². The van der Waals surface area contributed by atoms with Gasteiger partial charge in [-0.3, -0.25) is 14.4 Å². The quantitative estimate of drug-likeness (QED) is 0.321. The highest BCUT2D eigenvalue weighted by Gasteiger charge is 2.42. The number of thioether (sulfide) groups is 1. The molecule has 0 aliphatic rings. The van der Waals surface area contributed by atoms with Gasteiger partial charge in [0.2, 0.25) is 0 Å². The Balaban J connectivity index is 3.06. The van der Waals surface area contributed by atoms with E-state index in [1.54, 1.807) is 34.0 Å². The smallest absolute Gasteiger partial charge is 0.319 e. The van der Waals surface area contributed by atoms with Crippen molar-refractivity contribution < 1.29 is 19.1 Å². The van der Waals surface area contributed by atoms with Gasteiger partial charge in [0.25, 0.3) is 0 Å². The Hall–Kier alpha value is -1.88. The molecule has 0 aromatic heterocycles. The van der Waals surface area contributed by atoms with E-state index in [0.717, 1.165) is 16.7 Å². The molecular weight excluding hydrogens is 384 g/mol. The zero-order valence-electron chi connectivity index (χ0n) is 19.1. The number of hydrogen-bond donors (Lipinski definition) is 0. The maximum Gasteiger partial charge on any atom is 0.319 e. The highest BCUT2D eigenvalue weighted by atomic mass is 32.2. The van der Waals surface area contributed by atoms with Crippen LogP contribution < -0.4 is 0 Å². The Bertz CT molecular complexity index is 801. The van der Waals surface area contributed by atoms with Crippen molar-refractivity contribution in [3.8, 4) is 0 Å². The molecule has 5 heteroatoms. The lowest BCUT2D eigenvalue weighted by atomic mass is 9.79. The lowest BCUT2D eigenvalue weighted by molar-refractivity contribution is -0.166. The van der Waals surface area contributed by atoms with Crippen molar-refractivity contribution in [2.75, 3.05) is 6.26 Å². The van der Waals surface area contributed by atoms with Crippen LogP contribution in [-0.4, -0.2) is 28.7 Å². The molecule has 1 aromatic carbocycles. The molecule has 0 N–H and O–H groups in total. The first-order chi connectivity index (χ1) is 13.2. The molecule has 0 amide bonds. The van der Waals surface area contributed by atoms with Crippen LogP contribution in [0.5, 0.6) is 0 Å². The van der Waals surface area contributed by atoms with Crippen molar-refractivity contribution in [1.82, 2.24) is 0 Å². The largest absolute Gasteiger partial charge is 0.454 e. The summed E-state index contributed by atoms with van der Waals surface area (Å²) in [6.45, 7) is 14.3. The normalized spacial score (nSPS) is 13.6. The van der Waals surface area contributed by atoms with Crippen LogP contribution in [-0.2, 0) is 25.5 Å². The Labute approximate surface area is 179 Å². The standard InChI is InChI=1S/C24H34O4S/c1-16(22(3,4)21(27)29-9)17(2)24(7,8)28-20(26)23(5,6)19(25)15-18-13-11-10-12-14-18/h10-14H,15H2,1-9H3/b17-16-. The molecular formula is C24H34O4S. The molecule has 0 unspecified atom stereocenters. The summed E-state index contributed by atoms with van der Waals surface area (Å²) in [5, 5.41) is 0.0508. The van der Waals surface area contributed by atoms with Gasteiger partial charge in [-0.2, -0.15) is 0 Å². The molecule has 1 rings (SSSR count). The molecule has 1 aromatic rings. The molecule has 0 spiro atoms. The highest BCUT2D eigenvalue weighted by Crippen LogP contribution is 2.38. The number of allylic oxidation sites excluding steroid dienone is 1. The molecule has 4 nitrogen and oxygen atoms in total. The number of Topliss-reactive ketones (excluding diaryl/α,β-unsaturated/α-hetero) is 1. The van der Waals surface area contributed by atoms with Crippen LogP contribution >= 0.6 is 11.8 Å². The summed E-state index contributed by atoms with van der Waals surface area (Å²) < 4.78 is 5.82. The van der Waals surface area contributed by atoms with Crippen molar-refractivity contribution in [1.29, 1.82) is 0 Å². The van der Waals surface area contributed by atoms with Crippen LogP contribution in [0.4, 0.5) is 0 Å². The Morgan fingerprint density at radius 1 is 0.862 bits per heavy atom. The fraction of sp³-hybridized carbons (Fsp3) is 0.542. The van der Waals surface area contributed by atoms with Gasteiger partial charge in [-0.15, -0.1) is 0 Å². The summed E-state index contributed by atoms with van der Waals surface area (Å²) in [6.07, 6.45) is 1.94. The number of ether oxygens (including phenoxy) is 1. The maximum absolute atomic E-state index is 12.9. The van der Waals surface area contributed by atoms with Crippen molar-refractivity contribution in [3.05, 3.63) is 47.0 Å². The topological polar surface area (TPSA) is 60.4 Å². The molecule has 0 heterocycles. The average molecular weight is 419 g/mol. The van der Waals surface area contributed by atoms with Crippen LogP contribution in [0.1, 0.15) is 61.0 Å². The number of hydrogen-bond acceptors (Lipinski definition) is 5. The molecule has 0 radical (unpaired) electrons. The van der Waals surface area contributed by atoms with Gasteiger partial charge in [-0.1, -0.05) is 47.7 Å². The molecule has 0 bridgehead atoms. The Morgan fingerprint density at radius 3 is 1.86 bits per heavy atom. The van der Waals surface area contributed by atoms with Crippen LogP contribution in [0.15, 0.2) is 41.5 Å². The molecule has 0 saturated heterocycles. The van der Waals surface area contributed by atoms with E-state index in [1.807, 2.05) is 58.0 Å². The van der Waals surface area contributed by atoms with Crippen LogP contribution in [0.3, 0.4) is 0 Å². The lowest BCUT2D eigenvalue weighted by Crippen LogP contribution is -2.42. The van der Waals surface area contributed by atoms with Crippen LogP contribution in [0.2, 0.25) is 0 Å². The van der Waals surface area contributed by atoms with Gasteiger partial charge in [-0.05, 0) is 72.8 Å². The summed E-state index contributed by atoms with van der Waals surface area (Å²) >= 11 is 1.19. The summed E-state index contributed by atoms with van der Waals surface area (Å²) in [6, 6.07) is 9.35. The van der Waals surface area contributed by atoms with E-state index in [9.17, 15) is 14.4 Å². The number of ketones is 1. The van der Waals surface area contributed by atoms with Gasteiger partial charge in [0.1, 0.15) is 11.0 Å². The minimum Gasteiger partial charge on any atom is -0.454 e. The van der Waals surface area contributed by atoms with Gasteiger partial charge in [-0.25, -0.2) is 0 Å². The second-order valence-corrected chi connectivity index (χ2v) is 9.76. The van der Waals surface area contributed by atoms with Crippen LogP contribution in [0.25, 0.3) is 0 Å². The number of rotatable bonds is 8. The van der Waals surface area contributed by atoms with E-state index in [2.05, 4.69) is 0 Å². The third-order valence-electron chi connectivity index (χ3n) is 5.86. The number of carbonyl (C=O) groups is 3. The predicted octanol–water partition coefficient (Wildman–Crippen LogP) is 5.40. The molecule has 160 valence electrons. The first-order valence-electron chi connectivity index (χ1n) is 9.75. The summed E-state index contributed by atoms with van der Waals surface area (Å²) in [5.74, 6) is -0.759. The average Bonchev–Trinajstić information content (AvgIpc) is 2.66. The second kappa shape index (κ2) is 9.29. The molecule has 0 saturated carbocycles. The monoisotopic (exact) mass is 418 g/mol. The van der Waals surface area contributed by atoms with Crippen molar-refractivity contribution in [2.24, 2.45) is 10.8 Å². The fourth-order valence-electron chi connectivity index (χ4n) is 2.88. The van der Waals surface area contributed by atoms with E-state index < -0.39 is 22.4 Å². The minimum atomic E-state index is -1.27. The number of carbonyl (C=O) groups excluding carboxylic acids is 3. The van der Waals surface area contributed by atoms with Gasteiger partial charge < -0.3 is 4.74 Å². The summed E-state index contributed by atoms with van der Waals surface area (Å²) in [4.78, 5) is 38.1. The van der Waals surface area contributed by atoms with Gasteiger partial charge in [0.15, 0.2) is 10.9 Å². The first kappa shape index (κ1) is 25.2. The van der Waals surface area contributed by atoms with E-state index in [-0.39, 0.29) is 17.3 Å². The van der Waals surface area contributed by atoms with Gasteiger partial charge in [0.05, 0.1) is 5.41 Å². The molecule has 0 atom stereocenters. The summed E-state index contributed by atoms with van der Waals surface area (Å²) in [7, 11) is 0. The maximum atomic E-state index is 12.9. The zero-order chi connectivity index (χ0) is 22.6. The second-order valence-electron chi connectivity index (χ2n) is 8.98. The highest BCUT2D eigenvalue weighted by molar-refractivity contribution is 8.13. The lowest BCUT2D eigenvalue weighted by Gasteiger charge is -2.35. The SMILES string of the molecule is CSC(=O)C(C)(C)/C(C)=C(/C)C(C)(C)OC(=O)C(C)(C)C(=O)Cc1ccccc1. The number of esters is 1. The van der Waals surface area contributed by atoms with Crippen LogP contribution in [0, 0.1) is 10.8 Å². The Morgan fingerprint density at radius 2 is 1.38 bits per heavy atom. The minimum absolute atomic E-state index is 0.0508. The van der Waals surface area contributed by atoms with E-state index in [0.29, 0.717) is 0 Å². The van der Waals surface area contributed by atoms with E-state index >= 15 is 0 Å². The third-order valence-corrected chi connectivity index (χ3v) is 6.74. The molecule has 29 heavy (non-hydrogen) atoms. The number of benzene rings is 1. The predicted molar refractivity (Wildman–Crippen MR) is 120 cm³/mol. The van der Waals surface area contributed by atoms with Gasteiger partial charge >= 0.3 is 5.97 Å². The molecule has 0 aliphatic heterocycles.